The second-order valence-electron chi connectivity index (χ2n) is 4.96. The van der Waals surface area contributed by atoms with E-state index < -0.39 is 0 Å². The smallest absolute Gasteiger partial charge is 0.236 e. The third-order valence-corrected chi connectivity index (χ3v) is 4.47. The lowest BCUT2D eigenvalue weighted by atomic mass is 10.1. The van der Waals surface area contributed by atoms with Crippen molar-refractivity contribution in [1.29, 1.82) is 0 Å². The van der Waals surface area contributed by atoms with E-state index in [1.54, 1.807) is 11.8 Å². The second kappa shape index (κ2) is 8.23. The number of thioether (sulfide) groups is 1. The minimum atomic E-state index is -0.0238. The molecule has 19 heavy (non-hydrogen) atoms. The van der Waals surface area contributed by atoms with Crippen LogP contribution in [-0.2, 0) is 4.79 Å². The van der Waals surface area contributed by atoms with Gasteiger partial charge in [0.2, 0.25) is 5.91 Å². The van der Waals surface area contributed by atoms with Crippen LogP contribution in [0.15, 0.2) is 35.2 Å². The first-order chi connectivity index (χ1) is 9.06. The summed E-state index contributed by atoms with van der Waals surface area (Å²) in [7, 11) is 3.78. The molecule has 106 valence electrons. The zero-order valence-corrected chi connectivity index (χ0v) is 13.0. The van der Waals surface area contributed by atoms with Crippen molar-refractivity contribution in [3.63, 3.8) is 0 Å². The van der Waals surface area contributed by atoms with E-state index in [0.29, 0.717) is 5.92 Å². The van der Waals surface area contributed by atoms with Crippen molar-refractivity contribution in [1.82, 2.24) is 10.2 Å². The lowest BCUT2D eigenvalue weighted by molar-refractivity contribution is -0.129. The molecule has 0 saturated carbocycles. The average molecular weight is 280 g/mol. The van der Waals surface area contributed by atoms with E-state index in [0.717, 1.165) is 18.0 Å². The summed E-state index contributed by atoms with van der Waals surface area (Å²) >= 11 is 1.66. The molecular formula is C15H24N2OS. The van der Waals surface area contributed by atoms with Gasteiger partial charge in [-0.25, -0.2) is 0 Å². The van der Waals surface area contributed by atoms with Crippen LogP contribution in [-0.4, -0.2) is 43.2 Å². The van der Waals surface area contributed by atoms with E-state index in [2.05, 4.69) is 31.3 Å². The van der Waals surface area contributed by atoms with E-state index in [1.807, 2.05) is 37.2 Å². The summed E-state index contributed by atoms with van der Waals surface area (Å²) in [4.78, 5) is 15.4. The Hall–Kier alpha value is -1.00. The number of likely N-dealkylation sites (N-methyl/N-ethyl adjacent to an activating group) is 2. The Kier molecular flexibility index (Phi) is 6.95. The Morgan fingerprint density at radius 1 is 1.32 bits per heavy atom. The Morgan fingerprint density at radius 3 is 2.47 bits per heavy atom. The fraction of sp³-hybridized carbons (Fsp3) is 0.533. The highest BCUT2D eigenvalue weighted by atomic mass is 32.2. The maximum atomic E-state index is 12.5. The van der Waals surface area contributed by atoms with Crippen LogP contribution < -0.4 is 5.32 Å². The van der Waals surface area contributed by atoms with E-state index in [1.165, 1.54) is 0 Å². The molecule has 0 aliphatic rings. The fourth-order valence-electron chi connectivity index (χ4n) is 1.72. The number of benzene rings is 1. The Labute approximate surface area is 120 Å². The number of amides is 1. The third kappa shape index (κ3) is 5.25. The molecule has 0 bridgehead atoms. The summed E-state index contributed by atoms with van der Waals surface area (Å²) in [6.45, 7) is 5.77. The minimum absolute atomic E-state index is 0.0238. The van der Waals surface area contributed by atoms with E-state index in [9.17, 15) is 4.79 Å². The maximum absolute atomic E-state index is 12.5. The van der Waals surface area contributed by atoms with Gasteiger partial charge < -0.3 is 10.2 Å². The highest BCUT2D eigenvalue weighted by Crippen LogP contribution is 2.29. The molecule has 0 radical (unpaired) electrons. The van der Waals surface area contributed by atoms with Crippen molar-refractivity contribution < 1.29 is 4.79 Å². The van der Waals surface area contributed by atoms with Gasteiger partial charge in [-0.3, -0.25) is 4.79 Å². The second-order valence-corrected chi connectivity index (χ2v) is 6.17. The summed E-state index contributed by atoms with van der Waals surface area (Å²) in [6, 6.07) is 10.1. The van der Waals surface area contributed by atoms with Crippen LogP contribution in [0.25, 0.3) is 0 Å². The number of hydrogen-bond donors (Lipinski definition) is 1. The number of carbonyl (C=O) groups excluding carboxylic acids is 1. The van der Waals surface area contributed by atoms with Gasteiger partial charge in [-0.05, 0) is 25.1 Å². The van der Waals surface area contributed by atoms with Gasteiger partial charge in [0.15, 0.2) is 0 Å². The van der Waals surface area contributed by atoms with Crippen molar-refractivity contribution in [3.05, 3.63) is 30.3 Å². The molecule has 4 heteroatoms. The van der Waals surface area contributed by atoms with E-state index in [-0.39, 0.29) is 11.2 Å². The summed E-state index contributed by atoms with van der Waals surface area (Å²) in [5, 5.41) is 3.05. The van der Waals surface area contributed by atoms with Crippen LogP contribution in [0, 0.1) is 5.92 Å². The summed E-state index contributed by atoms with van der Waals surface area (Å²) < 4.78 is 0. The zero-order valence-electron chi connectivity index (χ0n) is 12.2. The number of nitrogens with zero attached hydrogens (tertiary/aromatic N) is 1. The normalized spacial score (nSPS) is 12.5. The highest BCUT2D eigenvalue weighted by molar-refractivity contribution is 8.00. The standard InChI is InChI=1S/C15H24N2OS/c1-12(2)14(15(18)17(4)11-10-16-3)19-13-8-6-5-7-9-13/h5-9,12,14,16H,10-11H2,1-4H3. The number of nitrogens with one attached hydrogen (secondary N) is 1. The van der Waals surface area contributed by atoms with Crippen LogP contribution in [0.4, 0.5) is 0 Å². The van der Waals surface area contributed by atoms with E-state index >= 15 is 0 Å². The molecule has 1 N–H and O–H groups in total. The summed E-state index contributed by atoms with van der Waals surface area (Å²) in [6.07, 6.45) is 0. The first-order valence-electron chi connectivity index (χ1n) is 6.67. The molecule has 0 fully saturated rings. The monoisotopic (exact) mass is 280 g/mol. The molecular weight excluding hydrogens is 256 g/mol. The molecule has 0 spiro atoms. The SMILES string of the molecule is CNCCN(C)C(=O)C(Sc1ccccc1)C(C)C. The van der Waals surface area contributed by atoms with Crippen molar-refractivity contribution in [2.24, 2.45) is 5.92 Å². The molecule has 0 heterocycles. The van der Waals surface area contributed by atoms with Crippen LogP contribution in [0.2, 0.25) is 0 Å². The van der Waals surface area contributed by atoms with Crippen molar-refractivity contribution >= 4 is 17.7 Å². The molecule has 1 aromatic carbocycles. The predicted octanol–water partition coefficient (Wildman–Crippen LogP) is 2.48. The number of carbonyl (C=O) groups is 1. The van der Waals surface area contributed by atoms with Gasteiger partial charge in [0.1, 0.15) is 0 Å². The Balaban J connectivity index is 2.69. The van der Waals surface area contributed by atoms with Crippen molar-refractivity contribution in [2.75, 3.05) is 27.2 Å². The molecule has 3 nitrogen and oxygen atoms in total. The highest BCUT2D eigenvalue weighted by Gasteiger charge is 2.26. The summed E-state index contributed by atoms with van der Waals surface area (Å²) in [5.74, 6) is 0.522. The number of hydrogen-bond acceptors (Lipinski definition) is 3. The fourth-order valence-corrected chi connectivity index (χ4v) is 2.88. The average Bonchev–Trinajstić information content (AvgIpc) is 2.42. The predicted molar refractivity (Wildman–Crippen MR) is 82.5 cm³/mol. The topological polar surface area (TPSA) is 32.3 Å². The van der Waals surface area contributed by atoms with Crippen LogP contribution in [0.3, 0.4) is 0 Å². The van der Waals surface area contributed by atoms with Gasteiger partial charge in [0.05, 0.1) is 5.25 Å². The van der Waals surface area contributed by atoms with Gasteiger partial charge in [-0.2, -0.15) is 0 Å². The lowest BCUT2D eigenvalue weighted by Gasteiger charge is -2.26. The molecule has 0 aromatic heterocycles. The largest absolute Gasteiger partial charge is 0.344 e. The van der Waals surface area contributed by atoms with Gasteiger partial charge >= 0.3 is 0 Å². The summed E-state index contributed by atoms with van der Waals surface area (Å²) in [5.41, 5.74) is 0. The molecule has 1 unspecified atom stereocenters. The number of rotatable bonds is 7. The first kappa shape index (κ1) is 16.1. The maximum Gasteiger partial charge on any atom is 0.236 e. The van der Waals surface area contributed by atoms with Crippen molar-refractivity contribution in [2.45, 2.75) is 24.0 Å². The molecule has 1 aromatic rings. The molecule has 0 aliphatic carbocycles. The van der Waals surface area contributed by atoms with Crippen LogP contribution in [0.5, 0.6) is 0 Å². The Bertz CT molecular complexity index is 381. The minimum Gasteiger partial charge on any atom is -0.344 e. The van der Waals surface area contributed by atoms with E-state index in [4.69, 9.17) is 0 Å². The molecule has 1 amide bonds. The third-order valence-electron chi connectivity index (χ3n) is 2.93. The first-order valence-corrected chi connectivity index (χ1v) is 7.55. The van der Waals surface area contributed by atoms with Gasteiger partial charge in [0, 0.05) is 25.0 Å². The Morgan fingerprint density at radius 2 is 1.95 bits per heavy atom. The van der Waals surface area contributed by atoms with Crippen molar-refractivity contribution in [3.8, 4) is 0 Å². The van der Waals surface area contributed by atoms with Crippen LogP contribution in [0.1, 0.15) is 13.8 Å². The van der Waals surface area contributed by atoms with Gasteiger partial charge in [-0.1, -0.05) is 32.0 Å². The lowest BCUT2D eigenvalue weighted by Crippen LogP contribution is -2.40. The van der Waals surface area contributed by atoms with Gasteiger partial charge in [0.25, 0.3) is 0 Å². The molecule has 1 atom stereocenters. The molecule has 1 rings (SSSR count). The molecule has 0 saturated heterocycles. The zero-order chi connectivity index (χ0) is 14.3. The van der Waals surface area contributed by atoms with Crippen LogP contribution >= 0.6 is 11.8 Å². The quantitative estimate of drug-likeness (QED) is 0.779. The molecule has 0 aliphatic heterocycles. The van der Waals surface area contributed by atoms with Gasteiger partial charge in [-0.15, -0.1) is 11.8 Å².